The third kappa shape index (κ3) is 4.15. The summed E-state index contributed by atoms with van der Waals surface area (Å²) in [5.41, 5.74) is 2.32. The molecule has 30 heavy (non-hydrogen) atoms. The average molecular weight is 443 g/mol. The van der Waals surface area contributed by atoms with Crippen LogP contribution in [0.1, 0.15) is 33.3 Å². The zero-order valence-corrected chi connectivity index (χ0v) is 18.0. The van der Waals surface area contributed by atoms with Gasteiger partial charge in [-0.25, -0.2) is 0 Å². The predicted octanol–water partition coefficient (Wildman–Crippen LogP) is 4.28. The highest BCUT2D eigenvalue weighted by Gasteiger charge is 2.34. The number of amides is 2. The van der Waals surface area contributed by atoms with Gasteiger partial charge >= 0.3 is 0 Å². The molecule has 1 saturated heterocycles. The predicted molar refractivity (Wildman–Crippen MR) is 117 cm³/mol. The first kappa shape index (κ1) is 20.3. The number of aromatic nitrogens is 2. The highest BCUT2D eigenvalue weighted by molar-refractivity contribution is 7.15. The molecule has 7 nitrogen and oxygen atoms in total. The standard InChI is InChI=1S/C21H19ClN4O3S/c1-12-3-6-15(7-4-12)26-11-13(9-18(26)27)20-24-25-21(30-20)23-19(28)16-10-14(22)5-8-17(16)29-2/h3-8,10,13H,9,11H2,1-2H3,(H,23,25,28)/t13-/m1/s1. The molecule has 0 saturated carbocycles. The van der Waals surface area contributed by atoms with Gasteiger partial charge in [-0.15, -0.1) is 10.2 Å². The number of carbonyl (C=O) groups excluding carboxylic acids is 2. The van der Waals surface area contributed by atoms with E-state index in [1.54, 1.807) is 17.0 Å². The quantitative estimate of drug-likeness (QED) is 0.637. The number of hydrogen-bond acceptors (Lipinski definition) is 6. The summed E-state index contributed by atoms with van der Waals surface area (Å²) in [6.45, 7) is 2.54. The molecule has 1 fully saturated rings. The first-order valence-electron chi connectivity index (χ1n) is 9.30. The molecular formula is C21H19ClN4O3S. The lowest BCUT2D eigenvalue weighted by Gasteiger charge is -2.16. The number of aryl methyl sites for hydroxylation is 1. The largest absolute Gasteiger partial charge is 0.496 e. The molecule has 0 spiro atoms. The third-order valence-electron chi connectivity index (χ3n) is 4.89. The maximum atomic E-state index is 12.6. The van der Waals surface area contributed by atoms with Crippen LogP contribution in [-0.2, 0) is 4.79 Å². The smallest absolute Gasteiger partial charge is 0.261 e. The number of carbonyl (C=O) groups is 2. The number of hydrogen-bond donors (Lipinski definition) is 1. The number of ether oxygens (including phenoxy) is 1. The Morgan fingerprint density at radius 3 is 2.73 bits per heavy atom. The Morgan fingerprint density at radius 1 is 1.23 bits per heavy atom. The van der Waals surface area contributed by atoms with Crippen molar-refractivity contribution in [3.63, 3.8) is 0 Å². The summed E-state index contributed by atoms with van der Waals surface area (Å²) >= 11 is 7.27. The Hall–Kier alpha value is -2.97. The van der Waals surface area contributed by atoms with Crippen molar-refractivity contribution in [1.82, 2.24) is 10.2 Å². The van der Waals surface area contributed by atoms with Crippen molar-refractivity contribution in [1.29, 1.82) is 0 Å². The molecule has 2 heterocycles. The normalized spacial score (nSPS) is 16.0. The van der Waals surface area contributed by atoms with Crippen molar-refractivity contribution in [2.45, 2.75) is 19.3 Å². The summed E-state index contributed by atoms with van der Waals surface area (Å²) < 4.78 is 5.22. The Labute approximate surface area is 182 Å². The Kier molecular flexibility index (Phi) is 5.69. The van der Waals surface area contributed by atoms with Gasteiger partial charge in [0, 0.05) is 29.6 Å². The summed E-state index contributed by atoms with van der Waals surface area (Å²) in [5, 5.41) is 12.5. The van der Waals surface area contributed by atoms with Crippen molar-refractivity contribution in [3.8, 4) is 5.75 Å². The maximum Gasteiger partial charge on any atom is 0.261 e. The molecule has 0 radical (unpaired) electrons. The number of nitrogens with one attached hydrogen (secondary N) is 1. The molecule has 4 rings (SSSR count). The molecule has 1 N–H and O–H groups in total. The number of anilines is 2. The van der Waals surface area contributed by atoms with E-state index in [9.17, 15) is 9.59 Å². The van der Waals surface area contributed by atoms with Gasteiger partial charge < -0.3 is 9.64 Å². The molecule has 1 aromatic heterocycles. The lowest BCUT2D eigenvalue weighted by atomic mass is 10.1. The van der Waals surface area contributed by atoms with Gasteiger partial charge in [0.1, 0.15) is 10.8 Å². The van der Waals surface area contributed by atoms with Crippen LogP contribution in [0.25, 0.3) is 0 Å². The summed E-state index contributed by atoms with van der Waals surface area (Å²) in [5.74, 6) is 0.00793. The van der Waals surface area contributed by atoms with Crippen LogP contribution >= 0.6 is 22.9 Å². The van der Waals surface area contributed by atoms with E-state index in [1.807, 2.05) is 31.2 Å². The second kappa shape index (κ2) is 8.41. The molecule has 1 atom stereocenters. The highest BCUT2D eigenvalue weighted by Crippen LogP contribution is 2.34. The van der Waals surface area contributed by atoms with Crippen LogP contribution in [0.4, 0.5) is 10.8 Å². The van der Waals surface area contributed by atoms with Crippen LogP contribution in [-0.4, -0.2) is 35.7 Å². The van der Waals surface area contributed by atoms with E-state index >= 15 is 0 Å². The second-order valence-corrected chi connectivity index (χ2v) is 8.43. The molecule has 2 aromatic carbocycles. The number of rotatable bonds is 5. The molecule has 3 aromatic rings. The van der Waals surface area contributed by atoms with Gasteiger partial charge in [-0.1, -0.05) is 40.6 Å². The number of nitrogens with zero attached hydrogens (tertiary/aromatic N) is 3. The topological polar surface area (TPSA) is 84.4 Å². The number of benzene rings is 2. The van der Waals surface area contributed by atoms with Crippen LogP contribution in [0.15, 0.2) is 42.5 Å². The zero-order valence-electron chi connectivity index (χ0n) is 16.4. The van der Waals surface area contributed by atoms with Gasteiger partial charge in [-0.2, -0.15) is 0 Å². The van der Waals surface area contributed by atoms with Crippen LogP contribution < -0.4 is 15.0 Å². The van der Waals surface area contributed by atoms with Gasteiger partial charge in [-0.3, -0.25) is 14.9 Å². The van der Waals surface area contributed by atoms with Crippen LogP contribution in [0, 0.1) is 6.92 Å². The fourth-order valence-corrected chi connectivity index (χ4v) is 4.32. The molecule has 154 valence electrons. The lowest BCUT2D eigenvalue weighted by molar-refractivity contribution is -0.117. The van der Waals surface area contributed by atoms with Gasteiger partial charge in [0.15, 0.2) is 0 Å². The monoisotopic (exact) mass is 442 g/mol. The molecule has 0 bridgehead atoms. The van der Waals surface area contributed by atoms with Crippen molar-refractivity contribution in [2.24, 2.45) is 0 Å². The summed E-state index contributed by atoms with van der Waals surface area (Å²) in [6.07, 6.45) is 0.360. The van der Waals surface area contributed by atoms with E-state index in [0.29, 0.717) is 39.4 Å². The van der Waals surface area contributed by atoms with E-state index in [0.717, 1.165) is 11.3 Å². The SMILES string of the molecule is COc1ccc(Cl)cc1C(=O)Nc1nnc([C@@H]2CC(=O)N(c3ccc(C)cc3)C2)s1. The van der Waals surface area contributed by atoms with E-state index in [-0.39, 0.29) is 17.7 Å². The van der Waals surface area contributed by atoms with Gasteiger partial charge in [0.05, 0.1) is 12.7 Å². The fourth-order valence-electron chi connectivity index (χ4n) is 3.32. The van der Waals surface area contributed by atoms with Crippen molar-refractivity contribution < 1.29 is 14.3 Å². The highest BCUT2D eigenvalue weighted by atomic mass is 35.5. The number of halogens is 1. The Bertz CT molecular complexity index is 1100. The minimum absolute atomic E-state index is 0.0494. The van der Waals surface area contributed by atoms with Crippen LogP contribution in [0.2, 0.25) is 5.02 Å². The molecule has 1 aliphatic heterocycles. The summed E-state index contributed by atoms with van der Waals surface area (Å²) in [7, 11) is 1.49. The van der Waals surface area contributed by atoms with Crippen molar-refractivity contribution in [3.05, 3.63) is 63.6 Å². The Balaban J connectivity index is 1.47. The maximum absolute atomic E-state index is 12.6. The minimum Gasteiger partial charge on any atom is -0.496 e. The molecular weight excluding hydrogens is 424 g/mol. The van der Waals surface area contributed by atoms with Crippen molar-refractivity contribution >= 4 is 45.6 Å². The molecule has 0 aliphatic carbocycles. The van der Waals surface area contributed by atoms with E-state index in [4.69, 9.17) is 16.3 Å². The van der Waals surface area contributed by atoms with Gasteiger partial charge in [0.2, 0.25) is 11.0 Å². The Morgan fingerprint density at radius 2 is 2.00 bits per heavy atom. The minimum atomic E-state index is -0.388. The summed E-state index contributed by atoms with van der Waals surface area (Å²) in [4.78, 5) is 26.9. The summed E-state index contributed by atoms with van der Waals surface area (Å²) in [6, 6.07) is 12.7. The van der Waals surface area contributed by atoms with E-state index in [2.05, 4.69) is 15.5 Å². The number of methoxy groups -OCH3 is 1. The molecule has 9 heteroatoms. The second-order valence-electron chi connectivity index (χ2n) is 6.99. The fraction of sp³-hybridized carbons (Fsp3) is 0.238. The van der Waals surface area contributed by atoms with Gasteiger partial charge in [-0.05, 0) is 37.3 Å². The van der Waals surface area contributed by atoms with Crippen LogP contribution in [0.3, 0.4) is 0 Å². The third-order valence-corrected chi connectivity index (χ3v) is 6.12. The van der Waals surface area contributed by atoms with E-state index in [1.165, 1.54) is 24.5 Å². The molecule has 0 unspecified atom stereocenters. The molecule has 1 aliphatic rings. The molecule has 2 amide bonds. The first-order valence-corrected chi connectivity index (χ1v) is 10.5. The van der Waals surface area contributed by atoms with E-state index < -0.39 is 0 Å². The lowest BCUT2D eigenvalue weighted by Crippen LogP contribution is -2.24. The van der Waals surface area contributed by atoms with Crippen molar-refractivity contribution in [2.75, 3.05) is 23.9 Å². The zero-order chi connectivity index (χ0) is 21.3. The van der Waals surface area contributed by atoms with Crippen LogP contribution in [0.5, 0.6) is 5.75 Å². The average Bonchev–Trinajstić information content (AvgIpc) is 3.35. The first-order chi connectivity index (χ1) is 14.4. The van der Waals surface area contributed by atoms with Gasteiger partial charge in [0.25, 0.3) is 5.91 Å².